The van der Waals surface area contributed by atoms with Crippen molar-refractivity contribution >= 4 is 31.8 Å². The molecule has 0 spiro atoms. The van der Waals surface area contributed by atoms with Gasteiger partial charge in [-0.1, -0.05) is 105 Å². The van der Waals surface area contributed by atoms with Gasteiger partial charge >= 0.3 is 17.1 Å². The molecule has 0 aliphatic heterocycles. The minimum absolute atomic E-state index is 0. The average Bonchev–Trinajstić information content (AvgIpc) is 3.50. The van der Waals surface area contributed by atoms with Crippen molar-refractivity contribution in [1.29, 1.82) is 0 Å². The summed E-state index contributed by atoms with van der Waals surface area (Å²) in [6.45, 7) is 21.6. The van der Waals surface area contributed by atoms with Crippen LogP contribution in [0.3, 0.4) is 0 Å². The van der Waals surface area contributed by atoms with E-state index in [2.05, 4.69) is 129 Å². The van der Waals surface area contributed by atoms with E-state index >= 15 is 0 Å². The van der Waals surface area contributed by atoms with E-state index in [1.807, 2.05) is 30.3 Å². The Morgan fingerprint density at radius 1 is 0.649 bits per heavy atom. The largest absolute Gasteiger partial charge is 2.00 e. The van der Waals surface area contributed by atoms with E-state index in [9.17, 15) is 0 Å². The summed E-state index contributed by atoms with van der Waals surface area (Å²) >= 11 is 0. The summed E-state index contributed by atoms with van der Waals surface area (Å²) in [4.78, 5) is 0. The van der Waals surface area contributed by atoms with Gasteiger partial charge in [-0.15, -0.1) is 5.30 Å². The van der Waals surface area contributed by atoms with Crippen LogP contribution in [-0.4, -0.2) is 10.3 Å². The van der Waals surface area contributed by atoms with Crippen molar-refractivity contribution in [2.24, 2.45) is 0 Å². The number of hydrogen-bond acceptors (Lipinski definition) is 0. The molecule has 0 fully saturated rings. The molecule has 0 aromatic heterocycles. The number of rotatable bonds is 5. The van der Waals surface area contributed by atoms with Crippen molar-refractivity contribution in [2.75, 3.05) is 0 Å². The first-order valence-corrected chi connectivity index (χ1v) is 15.8. The normalized spacial score (nSPS) is 12.6. The quantitative estimate of drug-likeness (QED) is 0.127. The maximum Gasteiger partial charge on any atom is 2.00 e. The fourth-order valence-corrected chi connectivity index (χ4v) is 12.7. The van der Waals surface area contributed by atoms with Crippen LogP contribution in [0.25, 0.3) is 0 Å². The molecule has 0 unspecified atom stereocenters. The molecule has 0 saturated carbocycles. The first-order chi connectivity index (χ1) is 16.9. The van der Waals surface area contributed by atoms with Crippen molar-refractivity contribution < 1.29 is 17.1 Å². The molecule has 4 aromatic rings. The standard InChI is InChI=1S/C29H39P2.C5H5.Fe/c1-21-15-10-12-18-25(21)30(26-19-13-11-16-22(26)2)23(3)24-17-14-20-27(24)31(28(4,5)6)29(7,8)9;1-2-4-5-3-1;/h10-20,23H,1-9H3;1-5H;/q2*-1;+2/t23-;;/m0../s1. The number of benzene rings is 2. The SMILES string of the molecule is Cc1ccccc1P(c1ccccc1C)[C@@H](C)c1cc[cH-]c1P(C(C)(C)C)C(C)(C)C.[Fe+2].c1cc[cH-]c1. The molecular weight excluding hydrogens is 526 g/mol. The summed E-state index contributed by atoms with van der Waals surface area (Å²) < 4.78 is 0. The third kappa shape index (κ3) is 8.01. The van der Waals surface area contributed by atoms with E-state index in [4.69, 9.17) is 0 Å². The van der Waals surface area contributed by atoms with Gasteiger partial charge in [0, 0.05) is 0 Å². The smallest absolute Gasteiger partial charge is 0.214 e. The third-order valence-corrected chi connectivity index (χ3v) is 13.2. The van der Waals surface area contributed by atoms with Crippen molar-refractivity contribution in [2.45, 2.75) is 78.3 Å². The van der Waals surface area contributed by atoms with Gasteiger partial charge in [0.15, 0.2) is 0 Å². The Labute approximate surface area is 240 Å². The first kappa shape index (κ1) is 31.7. The molecule has 4 aromatic carbocycles. The third-order valence-electron chi connectivity index (χ3n) is 6.55. The van der Waals surface area contributed by atoms with Gasteiger partial charge in [-0.05, 0) is 59.5 Å². The zero-order valence-electron chi connectivity index (χ0n) is 24.1. The van der Waals surface area contributed by atoms with Gasteiger partial charge in [0.1, 0.15) is 0 Å². The maximum absolute atomic E-state index is 2.47. The van der Waals surface area contributed by atoms with Gasteiger partial charge in [0.25, 0.3) is 0 Å². The van der Waals surface area contributed by atoms with Crippen LogP contribution in [0.5, 0.6) is 0 Å². The van der Waals surface area contributed by atoms with E-state index in [0.717, 1.165) is 0 Å². The van der Waals surface area contributed by atoms with Gasteiger partial charge in [-0.3, -0.25) is 0 Å². The molecule has 0 nitrogen and oxygen atoms in total. The fourth-order valence-electron chi connectivity index (χ4n) is 5.38. The maximum atomic E-state index is 2.47. The minimum Gasteiger partial charge on any atom is -0.214 e. The molecule has 198 valence electrons. The molecule has 0 aliphatic rings. The van der Waals surface area contributed by atoms with Crippen LogP contribution < -0.4 is 15.9 Å². The molecule has 0 N–H and O–H groups in total. The Morgan fingerprint density at radius 2 is 1.11 bits per heavy atom. The van der Waals surface area contributed by atoms with E-state index in [-0.39, 0.29) is 35.3 Å². The molecule has 1 atom stereocenters. The van der Waals surface area contributed by atoms with Gasteiger partial charge in [-0.2, -0.15) is 35.9 Å². The Morgan fingerprint density at radius 3 is 1.49 bits per heavy atom. The van der Waals surface area contributed by atoms with Gasteiger partial charge in [0.2, 0.25) is 0 Å². The number of hydrogen-bond donors (Lipinski definition) is 0. The zero-order chi connectivity index (χ0) is 26.5. The molecule has 0 saturated heterocycles. The Hall–Kier alpha value is -1.48. The van der Waals surface area contributed by atoms with E-state index < -0.39 is 7.92 Å². The predicted octanol–water partition coefficient (Wildman–Crippen LogP) is 9.32. The van der Waals surface area contributed by atoms with Crippen LogP contribution in [0.2, 0.25) is 0 Å². The summed E-state index contributed by atoms with van der Waals surface area (Å²) in [6, 6.07) is 35.2. The molecule has 0 bridgehead atoms. The summed E-state index contributed by atoms with van der Waals surface area (Å²) in [5.41, 5.74) is 4.85. The summed E-state index contributed by atoms with van der Waals surface area (Å²) in [6.07, 6.45) is 0. The summed E-state index contributed by atoms with van der Waals surface area (Å²) in [5, 5.41) is 5.18. The van der Waals surface area contributed by atoms with Crippen LogP contribution in [0, 0.1) is 13.8 Å². The molecule has 0 heterocycles. The molecule has 0 radical (unpaired) electrons. The predicted molar refractivity (Wildman–Crippen MR) is 167 cm³/mol. The Kier molecular flexibility index (Phi) is 11.6. The van der Waals surface area contributed by atoms with Gasteiger partial charge < -0.3 is 0 Å². The Bertz CT molecular complexity index is 1130. The molecule has 0 aliphatic carbocycles. The Balaban J connectivity index is 0.000000716. The van der Waals surface area contributed by atoms with Crippen LogP contribution in [0.1, 0.15) is 70.8 Å². The van der Waals surface area contributed by atoms with Crippen LogP contribution in [0.15, 0.2) is 97.1 Å². The topological polar surface area (TPSA) is 0 Å². The van der Waals surface area contributed by atoms with Gasteiger partial charge in [0.05, 0.1) is 0 Å². The molecular formula is C34H44FeP2. The van der Waals surface area contributed by atoms with Crippen LogP contribution >= 0.6 is 15.8 Å². The van der Waals surface area contributed by atoms with Crippen molar-refractivity contribution in [1.82, 2.24) is 0 Å². The second-order valence-corrected chi connectivity index (χ2v) is 17.9. The summed E-state index contributed by atoms with van der Waals surface area (Å²) in [7, 11) is -0.828. The second kappa shape index (κ2) is 13.5. The average molecular weight is 571 g/mol. The second-order valence-electron chi connectivity index (χ2n) is 11.6. The molecule has 4 rings (SSSR count). The van der Waals surface area contributed by atoms with Crippen molar-refractivity contribution in [3.63, 3.8) is 0 Å². The zero-order valence-corrected chi connectivity index (χ0v) is 27.0. The van der Waals surface area contributed by atoms with E-state index in [1.54, 1.807) is 10.9 Å². The monoisotopic (exact) mass is 570 g/mol. The minimum atomic E-state index is -0.507. The van der Waals surface area contributed by atoms with Crippen LogP contribution in [-0.2, 0) is 17.1 Å². The summed E-state index contributed by atoms with van der Waals surface area (Å²) in [5.74, 6) is 0. The molecule has 37 heavy (non-hydrogen) atoms. The molecule has 0 amide bonds. The molecule has 3 heteroatoms. The number of aryl methyl sites for hydroxylation is 2. The first-order valence-electron chi connectivity index (χ1n) is 13.1. The van der Waals surface area contributed by atoms with E-state index in [1.165, 1.54) is 21.7 Å². The van der Waals surface area contributed by atoms with Crippen LogP contribution in [0.4, 0.5) is 0 Å². The fraction of sp³-hybridized carbons (Fsp3) is 0.353. The van der Waals surface area contributed by atoms with Crippen molar-refractivity contribution in [3.05, 3.63) is 114 Å². The van der Waals surface area contributed by atoms with Gasteiger partial charge in [-0.25, -0.2) is 18.2 Å². The van der Waals surface area contributed by atoms with Crippen molar-refractivity contribution in [3.8, 4) is 0 Å². The van der Waals surface area contributed by atoms with E-state index in [0.29, 0.717) is 5.66 Å².